The lowest BCUT2D eigenvalue weighted by Crippen LogP contribution is -2.42. The summed E-state index contributed by atoms with van der Waals surface area (Å²) in [6, 6.07) is 1.07. The zero-order chi connectivity index (χ0) is 14.6. The van der Waals surface area contributed by atoms with E-state index in [0.717, 1.165) is 26.1 Å². The molecule has 0 aromatic heterocycles. The van der Waals surface area contributed by atoms with Gasteiger partial charge in [0.05, 0.1) is 5.75 Å². The van der Waals surface area contributed by atoms with Crippen molar-refractivity contribution in [1.29, 1.82) is 0 Å². The minimum Gasteiger partial charge on any atom is -0.314 e. The van der Waals surface area contributed by atoms with Gasteiger partial charge in [-0.2, -0.15) is 0 Å². The molecule has 6 heteroatoms. The molecule has 118 valence electrons. The Kier molecular flexibility index (Phi) is 5.84. The van der Waals surface area contributed by atoms with Crippen LogP contribution in [0.2, 0.25) is 0 Å². The van der Waals surface area contributed by atoms with E-state index in [1.165, 1.54) is 19.3 Å². The number of hydrogen-bond donors (Lipinski definition) is 1. The minimum absolute atomic E-state index is 0.266. The van der Waals surface area contributed by atoms with Crippen LogP contribution in [0, 0.1) is 0 Å². The molecule has 20 heavy (non-hydrogen) atoms. The van der Waals surface area contributed by atoms with Crippen molar-refractivity contribution in [3.05, 3.63) is 0 Å². The van der Waals surface area contributed by atoms with Crippen LogP contribution in [-0.2, 0) is 10.0 Å². The van der Waals surface area contributed by atoms with Gasteiger partial charge in [0.15, 0.2) is 0 Å². The van der Waals surface area contributed by atoms with E-state index in [1.54, 1.807) is 11.4 Å². The van der Waals surface area contributed by atoms with Crippen molar-refractivity contribution in [3.63, 3.8) is 0 Å². The highest BCUT2D eigenvalue weighted by Crippen LogP contribution is 2.19. The fourth-order valence-corrected chi connectivity index (χ4v) is 4.15. The van der Waals surface area contributed by atoms with Gasteiger partial charge >= 0.3 is 0 Å². The van der Waals surface area contributed by atoms with Crippen molar-refractivity contribution in [2.45, 2.75) is 51.1 Å². The molecular formula is C14H29N3O2S. The van der Waals surface area contributed by atoms with Crippen LogP contribution in [0.3, 0.4) is 0 Å². The average Bonchev–Trinajstić information content (AvgIpc) is 3.13. The van der Waals surface area contributed by atoms with E-state index >= 15 is 0 Å². The molecular weight excluding hydrogens is 274 g/mol. The number of nitrogens with one attached hydrogen (secondary N) is 1. The maximum Gasteiger partial charge on any atom is 0.213 e. The fraction of sp³-hybridized carbons (Fsp3) is 1.00. The third-order valence-corrected chi connectivity index (χ3v) is 6.34. The van der Waals surface area contributed by atoms with E-state index in [9.17, 15) is 8.42 Å². The van der Waals surface area contributed by atoms with Crippen LogP contribution < -0.4 is 5.32 Å². The van der Waals surface area contributed by atoms with Crippen molar-refractivity contribution >= 4 is 10.0 Å². The summed E-state index contributed by atoms with van der Waals surface area (Å²) in [5, 5.41) is 3.37. The molecule has 1 saturated heterocycles. The summed E-state index contributed by atoms with van der Waals surface area (Å²) in [4.78, 5) is 2.39. The van der Waals surface area contributed by atoms with Gasteiger partial charge in [0.2, 0.25) is 10.0 Å². The SMILES string of the molecule is CCN1CCCC1CN(C)S(=O)(=O)CCCNC1CC1. The lowest BCUT2D eigenvalue weighted by Gasteiger charge is -2.27. The number of sulfonamides is 1. The summed E-state index contributed by atoms with van der Waals surface area (Å²) in [7, 11) is -1.36. The topological polar surface area (TPSA) is 52.7 Å². The Bertz CT molecular complexity index is 395. The largest absolute Gasteiger partial charge is 0.314 e. The summed E-state index contributed by atoms with van der Waals surface area (Å²) in [6.45, 7) is 5.75. The van der Waals surface area contributed by atoms with Crippen LogP contribution in [0.15, 0.2) is 0 Å². The van der Waals surface area contributed by atoms with Crippen molar-refractivity contribution in [2.75, 3.05) is 39.0 Å². The molecule has 0 amide bonds. The number of likely N-dealkylation sites (tertiary alicyclic amines) is 1. The second-order valence-electron chi connectivity index (χ2n) is 6.10. The molecule has 1 N–H and O–H groups in total. The van der Waals surface area contributed by atoms with Gasteiger partial charge in [-0.1, -0.05) is 6.92 Å². The molecule has 5 nitrogen and oxygen atoms in total. The van der Waals surface area contributed by atoms with Crippen molar-refractivity contribution in [1.82, 2.24) is 14.5 Å². The van der Waals surface area contributed by atoms with Gasteiger partial charge in [0.25, 0.3) is 0 Å². The molecule has 1 heterocycles. The Morgan fingerprint density at radius 3 is 2.70 bits per heavy atom. The molecule has 2 fully saturated rings. The Morgan fingerprint density at radius 1 is 1.30 bits per heavy atom. The standard InChI is InChI=1S/C14H29N3O2S/c1-3-17-10-4-6-14(17)12-16(2)20(18,19)11-5-9-15-13-7-8-13/h13-15H,3-12H2,1-2H3. The first-order chi connectivity index (χ1) is 9.53. The second-order valence-corrected chi connectivity index (χ2v) is 8.30. The van der Waals surface area contributed by atoms with E-state index in [2.05, 4.69) is 17.1 Å². The predicted molar refractivity (Wildman–Crippen MR) is 82.3 cm³/mol. The molecule has 0 radical (unpaired) electrons. The van der Waals surface area contributed by atoms with E-state index in [-0.39, 0.29) is 5.75 Å². The first-order valence-corrected chi connectivity index (χ1v) is 9.55. The molecule has 2 aliphatic rings. The van der Waals surface area contributed by atoms with Crippen molar-refractivity contribution in [2.24, 2.45) is 0 Å². The molecule has 0 bridgehead atoms. The maximum atomic E-state index is 12.3. The summed E-state index contributed by atoms with van der Waals surface area (Å²) < 4.78 is 26.1. The predicted octanol–water partition coefficient (Wildman–Crippen LogP) is 0.874. The Hall–Kier alpha value is -0.170. The van der Waals surface area contributed by atoms with Crippen LogP contribution in [0.25, 0.3) is 0 Å². The van der Waals surface area contributed by atoms with Crippen LogP contribution in [0.4, 0.5) is 0 Å². The average molecular weight is 303 g/mol. The van der Waals surface area contributed by atoms with Gasteiger partial charge in [-0.25, -0.2) is 12.7 Å². The van der Waals surface area contributed by atoms with Gasteiger partial charge in [-0.05, 0) is 51.7 Å². The van der Waals surface area contributed by atoms with Crippen LogP contribution in [-0.4, -0.2) is 68.7 Å². The summed E-state index contributed by atoms with van der Waals surface area (Å²) in [6.07, 6.45) is 5.53. The molecule has 1 saturated carbocycles. The highest BCUT2D eigenvalue weighted by molar-refractivity contribution is 7.89. The van der Waals surface area contributed by atoms with Gasteiger partial charge in [-0.15, -0.1) is 0 Å². The lowest BCUT2D eigenvalue weighted by molar-refractivity contribution is 0.237. The smallest absolute Gasteiger partial charge is 0.213 e. The van der Waals surface area contributed by atoms with E-state index in [0.29, 0.717) is 25.0 Å². The zero-order valence-corrected chi connectivity index (χ0v) is 13.7. The number of nitrogens with zero attached hydrogens (tertiary/aromatic N) is 2. The number of hydrogen-bond acceptors (Lipinski definition) is 4. The summed E-state index contributed by atoms with van der Waals surface area (Å²) in [5.41, 5.74) is 0. The van der Waals surface area contributed by atoms with Gasteiger partial charge in [0.1, 0.15) is 0 Å². The Labute approximate surface area is 123 Å². The molecule has 1 aliphatic carbocycles. The molecule has 0 aromatic rings. The summed E-state index contributed by atoms with van der Waals surface area (Å²) in [5.74, 6) is 0.266. The van der Waals surface area contributed by atoms with Crippen LogP contribution in [0.5, 0.6) is 0 Å². The molecule has 0 aromatic carbocycles. The monoisotopic (exact) mass is 303 g/mol. The zero-order valence-electron chi connectivity index (χ0n) is 12.8. The molecule has 2 rings (SSSR count). The third-order valence-electron chi connectivity index (χ3n) is 4.44. The van der Waals surface area contributed by atoms with E-state index in [4.69, 9.17) is 0 Å². The molecule has 1 unspecified atom stereocenters. The van der Waals surface area contributed by atoms with E-state index in [1.807, 2.05) is 0 Å². The molecule has 1 aliphatic heterocycles. The first kappa shape index (κ1) is 16.2. The highest BCUT2D eigenvalue weighted by atomic mass is 32.2. The summed E-state index contributed by atoms with van der Waals surface area (Å²) >= 11 is 0. The Morgan fingerprint density at radius 2 is 2.05 bits per heavy atom. The maximum absolute atomic E-state index is 12.3. The number of likely N-dealkylation sites (N-methyl/N-ethyl adjacent to an activating group) is 2. The third kappa shape index (κ3) is 4.69. The molecule has 0 spiro atoms. The fourth-order valence-electron chi connectivity index (χ4n) is 2.93. The van der Waals surface area contributed by atoms with Crippen molar-refractivity contribution < 1.29 is 8.42 Å². The number of rotatable bonds is 9. The van der Waals surface area contributed by atoms with Crippen molar-refractivity contribution in [3.8, 4) is 0 Å². The van der Waals surface area contributed by atoms with Crippen LogP contribution in [0.1, 0.15) is 39.0 Å². The lowest BCUT2D eigenvalue weighted by atomic mass is 10.2. The second kappa shape index (κ2) is 7.20. The normalized spacial score (nSPS) is 24.6. The van der Waals surface area contributed by atoms with Gasteiger partial charge in [0, 0.05) is 25.7 Å². The van der Waals surface area contributed by atoms with Crippen LogP contribution >= 0.6 is 0 Å². The highest BCUT2D eigenvalue weighted by Gasteiger charge is 2.28. The first-order valence-electron chi connectivity index (χ1n) is 7.94. The Balaban J connectivity index is 1.72. The van der Waals surface area contributed by atoms with Gasteiger partial charge < -0.3 is 5.32 Å². The van der Waals surface area contributed by atoms with E-state index < -0.39 is 10.0 Å². The minimum atomic E-state index is -3.09. The quantitative estimate of drug-likeness (QED) is 0.642. The van der Waals surface area contributed by atoms with Gasteiger partial charge in [-0.3, -0.25) is 4.90 Å². The molecule has 1 atom stereocenters.